The fraction of sp³-hybridized carbons (Fsp3) is 0. The Hall–Kier alpha value is -5.83. The summed E-state index contributed by atoms with van der Waals surface area (Å²) in [5, 5.41) is 7.23. The molecule has 0 saturated carbocycles. The molecule has 0 N–H and O–H groups in total. The fourth-order valence-corrected chi connectivity index (χ4v) is 9.84. The van der Waals surface area contributed by atoms with Crippen molar-refractivity contribution in [3.63, 3.8) is 0 Å². The van der Waals surface area contributed by atoms with Gasteiger partial charge in [-0.1, -0.05) is 121 Å². The highest BCUT2D eigenvalue weighted by Crippen LogP contribution is 2.44. The van der Waals surface area contributed by atoms with Crippen LogP contribution in [0.2, 0.25) is 0 Å². The highest BCUT2D eigenvalue weighted by Gasteiger charge is 2.23. The average Bonchev–Trinajstić information content (AvgIpc) is 3.88. The zero-order valence-electron chi connectivity index (χ0n) is 27.5. The van der Waals surface area contributed by atoms with E-state index in [1.54, 1.807) is 0 Å². The van der Waals surface area contributed by atoms with Crippen LogP contribution in [0.3, 0.4) is 0 Å². The van der Waals surface area contributed by atoms with Gasteiger partial charge in [-0.15, -0.1) is 11.3 Å². The first-order valence-corrected chi connectivity index (χ1v) is 19.1. The monoisotopic (exact) mass is 795 g/mol. The lowest BCUT2D eigenvalue weighted by molar-refractivity contribution is 0.669. The van der Waals surface area contributed by atoms with Crippen molar-refractivity contribution in [2.75, 3.05) is 0 Å². The molecule has 6 heteroatoms. The summed E-state index contributed by atoms with van der Waals surface area (Å²) in [6.45, 7) is 0. The molecule has 0 aliphatic heterocycles. The number of furan rings is 1. The minimum atomic E-state index is 0.647. The van der Waals surface area contributed by atoms with Crippen LogP contribution in [0.4, 0.5) is 0 Å². The maximum absolute atomic E-state index is 6.54. The van der Waals surface area contributed by atoms with Gasteiger partial charge in [0.25, 0.3) is 0 Å². The van der Waals surface area contributed by atoms with Crippen molar-refractivity contribution in [1.29, 1.82) is 0 Å². The summed E-state index contributed by atoms with van der Waals surface area (Å²) in [5.74, 6) is 1.50. The van der Waals surface area contributed by atoms with Crippen LogP contribution >= 0.6 is 33.9 Å². The number of nitrogens with zero attached hydrogens (tertiary/aromatic N) is 3. The molecule has 0 atom stereocenters. The molecule has 52 heavy (non-hydrogen) atoms. The summed E-state index contributed by atoms with van der Waals surface area (Å²) in [4.78, 5) is 10.7. The van der Waals surface area contributed by atoms with Gasteiger partial charge in [-0.2, -0.15) is 0 Å². The number of rotatable bonds is 4. The van der Waals surface area contributed by atoms with E-state index in [0.717, 1.165) is 70.3 Å². The summed E-state index contributed by atoms with van der Waals surface area (Å²) in [6, 6.07) is 55.5. The van der Waals surface area contributed by atoms with Crippen molar-refractivity contribution in [3.05, 3.63) is 161 Å². The fourth-order valence-electron chi connectivity index (χ4n) is 7.79. The highest BCUT2D eigenvalue weighted by molar-refractivity contribution is 14.1. The Morgan fingerprint density at radius 2 is 1.25 bits per heavy atom. The molecule has 7 aromatic carbocycles. The Bertz CT molecular complexity index is 3200. The van der Waals surface area contributed by atoms with Crippen molar-refractivity contribution in [1.82, 2.24) is 14.5 Å². The third kappa shape index (κ3) is 4.44. The third-order valence-electron chi connectivity index (χ3n) is 10.1. The number of halogens is 1. The van der Waals surface area contributed by atoms with Crippen LogP contribution in [0.1, 0.15) is 0 Å². The molecule has 0 aliphatic carbocycles. The van der Waals surface area contributed by atoms with Crippen LogP contribution in [0.15, 0.2) is 162 Å². The van der Waals surface area contributed by atoms with Crippen molar-refractivity contribution < 1.29 is 4.42 Å². The summed E-state index contributed by atoms with van der Waals surface area (Å²) in [6.07, 6.45) is 0. The van der Waals surface area contributed by atoms with E-state index in [2.05, 4.69) is 167 Å². The van der Waals surface area contributed by atoms with E-state index in [9.17, 15) is 0 Å². The van der Waals surface area contributed by atoms with Gasteiger partial charge in [0.15, 0.2) is 11.6 Å². The Kier molecular flexibility index (Phi) is 6.66. The third-order valence-corrected chi connectivity index (χ3v) is 12.3. The molecule has 0 spiro atoms. The predicted molar refractivity (Wildman–Crippen MR) is 226 cm³/mol. The lowest BCUT2D eigenvalue weighted by atomic mass is 9.99. The molecular formula is C46H26IN3OS. The minimum Gasteiger partial charge on any atom is -0.456 e. The molecule has 0 unspecified atom stereocenters. The highest BCUT2D eigenvalue weighted by atomic mass is 127. The zero-order chi connectivity index (χ0) is 34.3. The quantitative estimate of drug-likeness (QED) is 0.167. The van der Waals surface area contributed by atoms with Crippen LogP contribution < -0.4 is 0 Å². The molecule has 0 saturated heterocycles. The second kappa shape index (κ2) is 11.6. The zero-order valence-corrected chi connectivity index (χ0v) is 30.5. The normalized spacial score (nSPS) is 11.9. The van der Waals surface area contributed by atoms with E-state index in [4.69, 9.17) is 14.4 Å². The summed E-state index contributed by atoms with van der Waals surface area (Å²) < 4.78 is 12.5. The molecule has 0 aliphatic rings. The minimum absolute atomic E-state index is 0.647. The van der Waals surface area contributed by atoms with E-state index in [0.29, 0.717) is 5.82 Å². The second-order valence-corrected chi connectivity index (χ2v) is 15.2. The van der Waals surface area contributed by atoms with Crippen LogP contribution in [-0.2, 0) is 0 Å². The summed E-state index contributed by atoms with van der Waals surface area (Å²) >= 11 is 4.31. The van der Waals surface area contributed by atoms with Gasteiger partial charge in [0.05, 0.1) is 20.3 Å². The molecule has 11 aromatic rings. The Labute approximate surface area is 315 Å². The molecule has 0 bridgehead atoms. The smallest absolute Gasteiger partial charge is 0.162 e. The topological polar surface area (TPSA) is 43.9 Å². The first-order chi connectivity index (χ1) is 25.7. The van der Waals surface area contributed by atoms with Crippen LogP contribution in [0, 0.1) is 3.57 Å². The van der Waals surface area contributed by atoms with Crippen LogP contribution in [-0.4, -0.2) is 14.5 Å². The SMILES string of the molecule is Ic1c(-c2ccccc2)nc(-c2ccc3c(c2)oc2cccc(-c4ccccc4)c23)nc1-n1c2ccccc2c2c3sc4ccccc4c3ccc21. The van der Waals surface area contributed by atoms with Crippen molar-refractivity contribution >= 4 is 97.8 Å². The van der Waals surface area contributed by atoms with E-state index < -0.39 is 0 Å². The number of para-hydroxylation sites is 1. The molecule has 4 nitrogen and oxygen atoms in total. The van der Waals surface area contributed by atoms with E-state index in [1.807, 2.05) is 29.5 Å². The van der Waals surface area contributed by atoms with Gasteiger partial charge in [-0.25, -0.2) is 9.97 Å². The van der Waals surface area contributed by atoms with Gasteiger partial charge >= 0.3 is 0 Å². The lowest BCUT2D eigenvalue weighted by Crippen LogP contribution is -2.06. The van der Waals surface area contributed by atoms with E-state index in [1.165, 1.54) is 30.9 Å². The lowest BCUT2D eigenvalue weighted by Gasteiger charge is -2.15. The van der Waals surface area contributed by atoms with Gasteiger partial charge in [0.1, 0.15) is 11.2 Å². The predicted octanol–water partition coefficient (Wildman–Crippen LogP) is 13.4. The molecular weight excluding hydrogens is 769 g/mol. The summed E-state index contributed by atoms with van der Waals surface area (Å²) in [7, 11) is 0. The van der Waals surface area contributed by atoms with Crippen molar-refractivity contribution in [3.8, 4) is 39.6 Å². The molecule has 4 aromatic heterocycles. The van der Waals surface area contributed by atoms with E-state index in [-0.39, 0.29) is 0 Å². The van der Waals surface area contributed by atoms with Crippen molar-refractivity contribution in [2.45, 2.75) is 0 Å². The first-order valence-electron chi connectivity index (χ1n) is 17.2. The number of fused-ring (bicyclic) bond motifs is 10. The van der Waals surface area contributed by atoms with Gasteiger partial charge in [-0.05, 0) is 70.1 Å². The van der Waals surface area contributed by atoms with Gasteiger partial charge in [-0.3, -0.25) is 4.57 Å². The number of thiophene rings is 1. The summed E-state index contributed by atoms with van der Waals surface area (Å²) in [5.41, 5.74) is 9.07. The molecule has 0 fully saturated rings. The number of hydrogen-bond acceptors (Lipinski definition) is 4. The molecule has 11 rings (SSSR count). The molecule has 4 heterocycles. The van der Waals surface area contributed by atoms with Gasteiger partial charge < -0.3 is 4.42 Å². The van der Waals surface area contributed by atoms with E-state index >= 15 is 0 Å². The molecule has 0 radical (unpaired) electrons. The van der Waals surface area contributed by atoms with Crippen molar-refractivity contribution in [2.24, 2.45) is 0 Å². The first kappa shape index (κ1) is 29.9. The maximum atomic E-state index is 6.54. The van der Waals surface area contributed by atoms with Gasteiger partial charge in [0, 0.05) is 52.8 Å². The number of aromatic nitrogens is 3. The molecule has 244 valence electrons. The van der Waals surface area contributed by atoms with Gasteiger partial charge in [0.2, 0.25) is 0 Å². The van der Waals surface area contributed by atoms with Crippen LogP contribution in [0.5, 0.6) is 0 Å². The Morgan fingerprint density at radius 3 is 2.10 bits per heavy atom. The number of hydrogen-bond donors (Lipinski definition) is 0. The number of benzene rings is 7. The van der Waals surface area contributed by atoms with Crippen LogP contribution in [0.25, 0.3) is 104 Å². The Morgan fingerprint density at radius 1 is 0.519 bits per heavy atom. The average molecular weight is 796 g/mol. The Balaban J connectivity index is 1.18. The standard InChI is InChI=1S/C46H26IN3OS/c47-42-43(28-14-5-2-6-15-28)48-45(29-22-23-34-38(26-29)51-37-20-11-18-30(40(34)37)27-12-3-1-4-13-27)49-46(42)50-35-19-9-7-17-33(35)41-36(50)25-24-32-31-16-8-10-21-39(31)52-44(32)41/h1-26H. The second-order valence-electron chi connectivity index (χ2n) is 13.0. The maximum Gasteiger partial charge on any atom is 0.162 e. The largest absolute Gasteiger partial charge is 0.456 e. The molecule has 0 amide bonds.